The van der Waals surface area contributed by atoms with Crippen molar-refractivity contribution in [3.8, 4) is 5.75 Å². The van der Waals surface area contributed by atoms with Crippen LogP contribution in [0.15, 0.2) is 84.9 Å². The van der Waals surface area contributed by atoms with Gasteiger partial charge in [0.25, 0.3) is 0 Å². The van der Waals surface area contributed by atoms with E-state index in [1.807, 2.05) is 89.8 Å². The Kier molecular flexibility index (Phi) is 10.8. The van der Waals surface area contributed by atoms with E-state index < -0.39 is 23.8 Å². The normalized spacial score (nSPS) is 16.0. The topological polar surface area (TPSA) is 114 Å². The molecule has 8 nitrogen and oxygen atoms in total. The number of carbonyl (C=O) groups is 3. The second-order valence-corrected chi connectivity index (χ2v) is 10.5. The molecule has 3 aromatic carbocycles. The van der Waals surface area contributed by atoms with Crippen LogP contribution in [0.5, 0.6) is 5.75 Å². The minimum atomic E-state index is -0.754. The van der Waals surface area contributed by atoms with Crippen molar-refractivity contribution < 1.29 is 19.1 Å². The summed E-state index contributed by atoms with van der Waals surface area (Å²) in [5.74, 6) is -0.716. The first-order valence-electron chi connectivity index (χ1n) is 14.2. The van der Waals surface area contributed by atoms with Gasteiger partial charge in [0.05, 0.1) is 6.42 Å². The third-order valence-electron chi connectivity index (χ3n) is 7.34. The van der Waals surface area contributed by atoms with Gasteiger partial charge in [-0.15, -0.1) is 0 Å². The molecule has 1 aliphatic heterocycles. The summed E-state index contributed by atoms with van der Waals surface area (Å²) in [7, 11) is 0. The Bertz CT molecular complexity index is 1270. The number of amides is 3. The van der Waals surface area contributed by atoms with Gasteiger partial charge in [0.2, 0.25) is 17.7 Å². The molecule has 0 aromatic heterocycles. The molecule has 3 atom stereocenters. The zero-order chi connectivity index (χ0) is 29.0. The maximum atomic E-state index is 13.9. The van der Waals surface area contributed by atoms with Crippen LogP contribution in [-0.2, 0) is 27.4 Å². The lowest BCUT2D eigenvalue weighted by molar-refractivity contribution is -0.136. The number of nitrogens with zero attached hydrogens (tertiary/aromatic N) is 1. The number of hydrogen-bond acceptors (Lipinski definition) is 5. The Morgan fingerprint density at radius 2 is 1.66 bits per heavy atom. The number of rotatable bonds is 14. The van der Waals surface area contributed by atoms with Crippen LogP contribution in [0, 0.1) is 12.3 Å². The standard InChI is InChI=1S/C33H39N4O4/c1-24(32(34)39)14-19-31(38)36-30(21-25-15-17-29(18-16-25)41-23-26-9-4-2-5-10-26)33(40)37-20-8-13-28(37)22-35-27-11-6-3-7-12-27/h2-7,9-12,15-19,24,28,30,35H,8,13-14,20-23H2,1H3,(H2,34,39)(H,36,38). The molecule has 1 saturated heterocycles. The number of primary amides is 1. The van der Waals surface area contributed by atoms with Crippen LogP contribution >= 0.6 is 0 Å². The molecule has 1 aliphatic rings. The van der Waals surface area contributed by atoms with Crippen LogP contribution in [0.3, 0.4) is 0 Å². The number of carbonyl (C=O) groups excluding carboxylic acids is 3. The molecule has 1 fully saturated rings. The predicted molar refractivity (Wildman–Crippen MR) is 160 cm³/mol. The number of anilines is 1. The highest BCUT2D eigenvalue weighted by Crippen LogP contribution is 2.22. The number of para-hydroxylation sites is 1. The summed E-state index contributed by atoms with van der Waals surface area (Å²) in [6, 6.07) is 26.7. The molecule has 0 bridgehead atoms. The average molecular weight is 556 g/mol. The molecule has 3 unspecified atom stereocenters. The van der Waals surface area contributed by atoms with Crippen molar-refractivity contribution in [1.29, 1.82) is 0 Å². The average Bonchev–Trinajstić information content (AvgIpc) is 3.47. The third-order valence-corrected chi connectivity index (χ3v) is 7.34. The monoisotopic (exact) mass is 555 g/mol. The highest BCUT2D eigenvalue weighted by atomic mass is 16.5. The highest BCUT2D eigenvalue weighted by Gasteiger charge is 2.34. The number of hydrogen-bond donors (Lipinski definition) is 3. The fraction of sp³-hybridized carbons (Fsp3) is 0.333. The lowest BCUT2D eigenvalue weighted by atomic mass is 10.0. The predicted octanol–water partition coefficient (Wildman–Crippen LogP) is 4.11. The summed E-state index contributed by atoms with van der Waals surface area (Å²) in [6.45, 7) is 3.40. The minimum absolute atomic E-state index is 0.0229. The molecular formula is C33H39N4O4. The molecular weight excluding hydrogens is 516 g/mol. The van der Waals surface area contributed by atoms with Gasteiger partial charge in [-0.1, -0.05) is 67.6 Å². The van der Waals surface area contributed by atoms with Crippen molar-refractivity contribution in [3.63, 3.8) is 0 Å². The number of nitrogens with two attached hydrogens (primary N) is 1. The maximum Gasteiger partial charge on any atom is 0.245 e. The second kappa shape index (κ2) is 14.9. The van der Waals surface area contributed by atoms with E-state index in [-0.39, 0.29) is 18.4 Å². The van der Waals surface area contributed by atoms with Gasteiger partial charge in [0.15, 0.2) is 0 Å². The molecule has 0 aliphatic carbocycles. The SMILES string of the molecule is CC(C[CH]C(=O)NC(Cc1ccc(OCc2ccccc2)cc1)C(=O)N1CCCC1CNc1ccccc1)C(N)=O. The molecule has 4 N–H and O–H groups in total. The molecule has 0 saturated carbocycles. The lowest BCUT2D eigenvalue weighted by Gasteiger charge is -2.30. The van der Waals surface area contributed by atoms with E-state index in [4.69, 9.17) is 10.5 Å². The van der Waals surface area contributed by atoms with Gasteiger partial charge in [0.1, 0.15) is 18.4 Å². The first-order chi connectivity index (χ1) is 19.9. The first-order valence-corrected chi connectivity index (χ1v) is 14.2. The van der Waals surface area contributed by atoms with Crippen LogP contribution in [-0.4, -0.2) is 47.8 Å². The van der Waals surface area contributed by atoms with E-state index in [1.54, 1.807) is 6.92 Å². The van der Waals surface area contributed by atoms with Gasteiger partial charge in [-0.2, -0.15) is 0 Å². The van der Waals surface area contributed by atoms with Gasteiger partial charge in [-0.05, 0) is 54.7 Å². The highest BCUT2D eigenvalue weighted by molar-refractivity contribution is 5.92. The summed E-state index contributed by atoms with van der Waals surface area (Å²) in [4.78, 5) is 40.0. The van der Waals surface area contributed by atoms with Crippen molar-refractivity contribution in [3.05, 3.63) is 102 Å². The molecule has 1 radical (unpaired) electrons. The zero-order valence-electron chi connectivity index (χ0n) is 23.5. The Hall–Kier alpha value is -4.33. The van der Waals surface area contributed by atoms with Crippen molar-refractivity contribution in [1.82, 2.24) is 10.2 Å². The van der Waals surface area contributed by atoms with Gasteiger partial charge >= 0.3 is 0 Å². The van der Waals surface area contributed by atoms with Crippen LogP contribution in [0.25, 0.3) is 0 Å². The third kappa shape index (κ3) is 9.10. The summed E-state index contributed by atoms with van der Waals surface area (Å²) < 4.78 is 5.90. The Morgan fingerprint density at radius 3 is 2.34 bits per heavy atom. The van der Waals surface area contributed by atoms with Crippen LogP contribution in [0.1, 0.15) is 37.3 Å². The Balaban J connectivity index is 1.42. The van der Waals surface area contributed by atoms with Gasteiger partial charge in [-0.25, -0.2) is 0 Å². The Labute approximate surface area is 242 Å². The summed E-state index contributed by atoms with van der Waals surface area (Å²) in [5.41, 5.74) is 8.33. The Morgan fingerprint density at radius 1 is 0.976 bits per heavy atom. The van der Waals surface area contributed by atoms with E-state index in [2.05, 4.69) is 10.6 Å². The summed E-state index contributed by atoms with van der Waals surface area (Å²) in [6.07, 6.45) is 3.74. The van der Waals surface area contributed by atoms with Crippen molar-refractivity contribution in [2.75, 3.05) is 18.4 Å². The lowest BCUT2D eigenvalue weighted by Crippen LogP contribution is -2.52. The molecule has 3 aromatic rings. The van der Waals surface area contributed by atoms with E-state index in [9.17, 15) is 14.4 Å². The molecule has 215 valence electrons. The van der Waals surface area contributed by atoms with Crippen LogP contribution < -0.4 is 21.1 Å². The van der Waals surface area contributed by atoms with Gasteiger partial charge < -0.3 is 26.0 Å². The quantitative estimate of drug-likeness (QED) is 0.277. The van der Waals surface area contributed by atoms with Crippen LogP contribution in [0.2, 0.25) is 0 Å². The fourth-order valence-corrected chi connectivity index (χ4v) is 4.86. The minimum Gasteiger partial charge on any atom is -0.489 e. The van der Waals surface area contributed by atoms with Crippen molar-refractivity contribution in [2.24, 2.45) is 11.7 Å². The first kappa shape index (κ1) is 29.6. The van der Waals surface area contributed by atoms with E-state index in [1.165, 1.54) is 6.42 Å². The zero-order valence-corrected chi connectivity index (χ0v) is 23.5. The van der Waals surface area contributed by atoms with Crippen LogP contribution in [0.4, 0.5) is 5.69 Å². The van der Waals surface area contributed by atoms with E-state index in [0.717, 1.165) is 35.4 Å². The molecule has 0 spiro atoms. The largest absolute Gasteiger partial charge is 0.489 e. The van der Waals surface area contributed by atoms with E-state index in [0.29, 0.717) is 26.1 Å². The molecule has 3 amide bonds. The van der Waals surface area contributed by atoms with Gasteiger partial charge in [-0.3, -0.25) is 14.4 Å². The van der Waals surface area contributed by atoms with Crippen molar-refractivity contribution in [2.45, 2.75) is 51.3 Å². The van der Waals surface area contributed by atoms with Gasteiger partial charge in [0, 0.05) is 37.2 Å². The second-order valence-electron chi connectivity index (χ2n) is 10.5. The van der Waals surface area contributed by atoms with E-state index >= 15 is 0 Å². The number of benzene rings is 3. The van der Waals surface area contributed by atoms with Crippen molar-refractivity contribution >= 4 is 23.4 Å². The molecule has 41 heavy (non-hydrogen) atoms. The number of nitrogens with one attached hydrogen (secondary N) is 2. The number of ether oxygens (including phenoxy) is 1. The molecule has 8 heteroatoms. The fourth-order valence-electron chi connectivity index (χ4n) is 4.86. The molecule has 1 heterocycles. The molecule has 4 rings (SSSR count). The summed E-state index contributed by atoms with van der Waals surface area (Å²) in [5, 5.41) is 6.33. The smallest absolute Gasteiger partial charge is 0.245 e. The maximum absolute atomic E-state index is 13.9. The number of likely N-dealkylation sites (tertiary alicyclic amines) is 1. The summed E-state index contributed by atoms with van der Waals surface area (Å²) >= 11 is 0.